The molecule has 0 unspecified atom stereocenters. The summed E-state index contributed by atoms with van der Waals surface area (Å²) in [7, 11) is 1.62. The van der Waals surface area contributed by atoms with Gasteiger partial charge in [0.05, 0.1) is 24.4 Å². The number of hydrogen-bond acceptors (Lipinski definition) is 4. The molecule has 0 saturated carbocycles. The Bertz CT molecular complexity index is 1760. The largest absolute Gasteiger partial charge is 0.497 e. The predicted octanol–water partition coefficient (Wildman–Crippen LogP) is 6.96. The molecule has 6 rings (SSSR count). The molecule has 1 N–H and O–H groups in total. The number of amides is 1. The summed E-state index contributed by atoms with van der Waals surface area (Å²) in [6.07, 6.45) is 0.382. The summed E-state index contributed by atoms with van der Waals surface area (Å²) in [5.41, 5.74) is 4.63. The molecule has 1 amide bonds. The molecule has 192 valence electrons. The van der Waals surface area contributed by atoms with E-state index in [-0.39, 0.29) is 17.5 Å². The lowest BCUT2D eigenvalue weighted by Gasteiger charge is -2.22. The molecule has 4 aromatic carbocycles. The van der Waals surface area contributed by atoms with E-state index in [0.717, 1.165) is 37.8 Å². The monoisotopic (exact) mass is 577 g/mol. The summed E-state index contributed by atoms with van der Waals surface area (Å²) < 4.78 is 6.24. The molecule has 0 spiro atoms. The van der Waals surface area contributed by atoms with Gasteiger partial charge in [0.1, 0.15) is 5.75 Å². The zero-order valence-corrected chi connectivity index (χ0v) is 22.7. The van der Waals surface area contributed by atoms with E-state index in [1.54, 1.807) is 19.2 Å². The number of benzene rings is 4. The number of hydrogen-bond donors (Lipinski definition) is 1. The van der Waals surface area contributed by atoms with E-state index < -0.39 is 0 Å². The van der Waals surface area contributed by atoms with Gasteiger partial charge in [-0.3, -0.25) is 9.59 Å². The van der Waals surface area contributed by atoms with E-state index in [0.29, 0.717) is 23.3 Å². The lowest BCUT2D eigenvalue weighted by atomic mass is 9.91. The van der Waals surface area contributed by atoms with E-state index >= 15 is 0 Å². The van der Waals surface area contributed by atoms with Crippen molar-refractivity contribution in [2.45, 2.75) is 12.5 Å². The van der Waals surface area contributed by atoms with Gasteiger partial charge in [-0.15, -0.1) is 0 Å². The van der Waals surface area contributed by atoms with Crippen LogP contribution in [0.4, 0.5) is 0 Å². The van der Waals surface area contributed by atoms with Gasteiger partial charge in [0.25, 0.3) is 11.5 Å². The molecule has 1 aromatic heterocycles. The maximum absolute atomic E-state index is 13.7. The molecule has 0 radical (unpaired) electrons. The average Bonchev–Trinajstić information content (AvgIpc) is 3.42. The third kappa shape index (κ3) is 4.66. The summed E-state index contributed by atoms with van der Waals surface area (Å²) in [6.45, 7) is 0. The van der Waals surface area contributed by atoms with Crippen LogP contribution in [0.2, 0.25) is 0 Å². The normalized spacial score (nSPS) is 14.9. The molecule has 0 bridgehead atoms. The number of rotatable bonds is 5. The second-order valence-electron chi connectivity index (χ2n) is 9.32. The smallest absolute Gasteiger partial charge is 0.274 e. The highest BCUT2D eigenvalue weighted by Gasteiger charge is 2.36. The number of ether oxygens (including phenoxy) is 1. The maximum atomic E-state index is 13.7. The van der Waals surface area contributed by atoms with Crippen LogP contribution in [0.25, 0.3) is 22.0 Å². The molecule has 7 heteroatoms. The van der Waals surface area contributed by atoms with Crippen LogP contribution in [-0.2, 0) is 0 Å². The summed E-state index contributed by atoms with van der Waals surface area (Å²) in [5.74, 6) is 0.495. The maximum Gasteiger partial charge on any atom is 0.274 e. The highest BCUT2D eigenvalue weighted by atomic mass is 79.9. The SMILES string of the molecule is COc1ccc([C@H]2CC(c3c(-c4ccccc4)c4cc(Br)ccc4[nH]c3=O)=NN2C(=O)c2ccccc2)cc1. The van der Waals surface area contributed by atoms with Crippen molar-refractivity contribution in [3.63, 3.8) is 0 Å². The Hall–Kier alpha value is -4.49. The van der Waals surface area contributed by atoms with Crippen molar-refractivity contribution < 1.29 is 9.53 Å². The van der Waals surface area contributed by atoms with E-state index in [9.17, 15) is 9.59 Å². The zero-order valence-electron chi connectivity index (χ0n) is 21.1. The van der Waals surface area contributed by atoms with Gasteiger partial charge >= 0.3 is 0 Å². The van der Waals surface area contributed by atoms with Gasteiger partial charge in [-0.05, 0) is 53.6 Å². The van der Waals surface area contributed by atoms with Crippen molar-refractivity contribution in [1.29, 1.82) is 0 Å². The van der Waals surface area contributed by atoms with Crippen LogP contribution in [0, 0.1) is 0 Å². The minimum absolute atomic E-state index is 0.229. The topological polar surface area (TPSA) is 74.8 Å². The van der Waals surface area contributed by atoms with Crippen LogP contribution in [0.5, 0.6) is 5.75 Å². The van der Waals surface area contributed by atoms with Gasteiger partial charge in [-0.25, -0.2) is 5.01 Å². The standard InChI is InChI=1S/C32H24BrN3O3/c1-39-24-15-12-20(13-16-24)28-19-27(35-36(28)32(38)22-10-6-3-7-11-22)30-29(21-8-4-2-5-9-21)25-18-23(33)14-17-26(25)34-31(30)37/h2-18,28H,19H2,1H3,(H,34,37)/t28-/m1/s1. The number of H-pyrrole nitrogens is 1. The van der Waals surface area contributed by atoms with Crippen LogP contribution < -0.4 is 10.3 Å². The number of aromatic amines is 1. The summed E-state index contributed by atoms with van der Waals surface area (Å²) in [6, 6.07) is 31.9. The minimum atomic E-state index is -0.389. The van der Waals surface area contributed by atoms with Crippen molar-refractivity contribution >= 4 is 38.5 Å². The number of fused-ring (bicyclic) bond motifs is 1. The van der Waals surface area contributed by atoms with Crippen LogP contribution >= 0.6 is 15.9 Å². The first-order valence-electron chi connectivity index (χ1n) is 12.5. The van der Waals surface area contributed by atoms with E-state index in [1.807, 2.05) is 91.0 Å². The van der Waals surface area contributed by atoms with Crippen LogP contribution in [0.1, 0.15) is 33.9 Å². The van der Waals surface area contributed by atoms with Gasteiger partial charge in [-0.2, -0.15) is 5.10 Å². The Kier molecular flexibility index (Phi) is 6.59. The Morgan fingerprint density at radius 2 is 1.62 bits per heavy atom. The van der Waals surface area contributed by atoms with Crippen LogP contribution in [-0.4, -0.2) is 28.7 Å². The first-order chi connectivity index (χ1) is 19.0. The fourth-order valence-corrected chi connectivity index (χ4v) is 5.45. The quantitative estimate of drug-likeness (QED) is 0.245. The van der Waals surface area contributed by atoms with Gasteiger partial charge in [0.15, 0.2) is 0 Å². The summed E-state index contributed by atoms with van der Waals surface area (Å²) in [4.78, 5) is 30.5. The molecule has 1 aliphatic heterocycles. The Morgan fingerprint density at radius 3 is 2.31 bits per heavy atom. The first-order valence-corrected chi connectivity index (χ1v) is 13.3. The summed E-state index contributed by atoms with van der Waals surface area (Å²) >= 11 is 3.59. The Morgan fingerprint density at radius 1 is 0.923 bits per heavy atom. The van der Waals surface area contributed by atoms with Gasteiger partial charge < -0.3 is 9.72 Å². The molecule has 2 heterocycles. The van der Waals surface area contributed by atoms with E-state index in [1.165, 1.54) is 5.01 Å². The molecule has 0 fully saturated rings. The van der Waals surface area contributed by atoms with Gasteiger partial charge in [-0.1, -0.05) is 76.6 Å². The third-order valence-corrected chi connectivity index (χ3v) is 7.46. The highest BCUT2D eigenvalue weighted by Crippen LogP contribution is 2.38. The zero-order chi connectivity index (χ0) is 26.9. The lowest BCUT2D eigenvalue weighted by Crippen LogP contribution is -2.27. The molecular formula is C32H24BrN3O3. The van der Waals surface area contributed by atoms with Crippen molar-refractivity contribution in [2.75, 3.05) is 7.11 Å². The van der Waals surface area contributed by atoms with E-state index in [2.05, 4.69) is 20.9 Å². The molecule has 0 aliphatic carbocycles. The molecule has 1 atom stereocenters. The fourth-order valence-electron chi connectivity index (χ4n) is 5.09. The average molecular weight is 578 g/mol. The molecule has 1 aliphatic rings. The van der Waals surface area contributed by atoms with Crippen molar-refractivity contribution in [3.05, 3.63) is 135 Å². The molecular weight excluding hydrogens is 554 g/mol. The number of halogens is 1. The molecule has 5 aromatic rings. The van der Waals surface area contributed by atoms with E-state index in [4.69, 9.17) is 9.84 Å². The predicted molar refractivity (Wildman–Crippen MR) is 157 cm³/mol. The first kappa shape index (κ1) is 24.8. The number of pyridine rings is 1. The van der Waals surface area contributed by atoms with Crippen molar-refractivity contribution in [2.24, 2.45) is 5.10 Å². The summed E-state index contributed by atoms with van der Waals surface area (Å²) in [5, 5.41) is 7.24. The lowest BCUT2D eigenvalue weighted by molar-refractivity contribution is 0.0711. The van der Waals surface area contributed by atoms with Gasteiger partial charge in [0.2, 0.25) is 0 Å². The molecule has 39 heavy (non-hydrogen) atoms. The second-order valence-corrected chi connectivity index (χ2v) is 10.2. The number of carbonyl (C=O) groups is 1. The fraction of sp³-hybridized carbons (Fsp3) is 0.0938. The number of methoxy groups -OCH3 is 1. The van der Waals surface area contributed by atoms with Crippen molar-refractivity contribution in [3.8, 4) is 16.9 Å². The van der Waals surface area contributed by atoms with Crippen LogP contribution in [0.3, 0.4) is 0 Å². The number of nitrogens with zero attached hydrogens (tertiary/aromatic N) is 2. The third-order valence-electron chi connectivity index (χ3n) is 6.97. The van der Waals surface area contributed by atoms with Crippen LogP contribution in [0.15, 0.2) is 117 Å². The Labute approximate surface area is 233 Å². The second kappa shape index (κ2) is 10.3. The molecule has 6 nitrogen and oxygen atoms in total. The molecule has 0 saturated heterocycles. The number of carbonyl (C=O) groups excluding carboxylic acids is 1. The van der Waals surface area contributed by atoms with Crippen molar-refractivity contribution in [1.82, 2.24) is 9.99 Å². The number of aromatic nitrogens is 1. The minimum Gasteiger partial charge on any atom is -0.497 e. The van der Waals surface area contributed by atoms with Gasteiger partial charge in [0, 0.05) is 32.9 Å². The highest BCUT2D eigenvalue weighted by molar-refractivity contribution is 9.10. The number of nitrogens with one attached hydrogen (secondary N) is 1. The Balaban J connectivity index is 1.56. The number of hydrazone groups is 1.